The van der Waals surface area contributed by atoms with E-state index in [9.17, 15) is 9.90 Å². The van der Waals surface area contributed by atoms with Crippen LogP contribution in [-0.2, 0) is 22.4 Å². The topological polar surface area (TPSA) is 74.2 Å². The molecule has 2 aromatic carbocycles. The van der Waals surface area contributed by atoms with Gasteiger partial charge in [-0.3, -0.25) is 4.79 Å². The molecular weight excluding hydrogens is 372 g/mol. The summed E-state index contributed by atoms with van der Waals surface area (Å²) in [7, 11) is 4.73. The molecule has 156 valence electrons. The average Bonchev–Trinajstić information content (AvgIpc) is 3.04. The first-order chi connectivity index (χ1) is 14.0. The van der Waals surface area contributed by atoms with Crippen molar-refractivity contribution >= 4 is 5.97 Å². The molecule has 0 saturated carbocycles. The highest BCUT2D eigenvalue weighted by Crippen LogP contribution is 2.45. The second kappa shape index (κ2) is 8.64. The maximum Gasteiger partial charge on any atom is 0.312 e. The molecule has 6 nitrogen and oxygen atoms in total. The van der Waals surface area contributed by atoms with Crippen molar-refractivity contribution in [2.24, 2.45) is 11.3 Å². The van der Waals surface area contributed by atoms with Crippen LogP contribution in [0.15, 0.2) is 36.4 Å². The number of ether oxygens (including phenoxy) is 4. The van der Waals surface area contributed by atoms with Crippen LogP contribution in [0.1, 0.15) is 24.5 Å². The number of benzene rings is 2. The van der Waals surface area contributed by atoms with Crippen LogP contribution in [0.4, 0.5) is 0 Å². The molecule has 6 heteroatoms. The zero-order valence-electron chi connectivity index (χ0n) is 17.4. The Hall–Kier alpha value is -2.89. The Bertz CT molecular complexity index is 878. The monoisotopic (exact) mass is 400 g/mol. The van der Waals surface area contributed by atoms with Crippen molar-refractivity contribution in [2.75, 3.05) is 27.9 Å². The third-order valence-corrected chi connectivity index (χ3v) is 5.93. The highest BCUT2D eigenvalue weighted by Gasteiger charge is 2.50. The Kier molecular flexibility index (Phi) is 6.20. The number of hydrogen-bond donors (Lipinski definition) is 1. The van der Waals surface area contributed by atoms with Gasteiger partial charge >= 0.3 is 5.97 Å². The number of aromatic hydroxyl groups is 1. The van der Waals surface area contributed by atoms with Gasteiger partial charge in [-0.05, 0) is 54.7 Å². The van der Waals surface area contributed by atoms with Crippen LogP contribution in [0, 0.1) is 11.3 Å². The minimum Gasteiger partial charge on any atom is -0.504 e. The molecule has 1 heterocycles. The van der Waals surface area contributed by atoms with Gasteiger partial charge in [0, 0.05) is 5.92 Å². The molecule has 2 atom stereocenters. The first kappa shape index (κ1) is 20.8. The van der Waals surface area contributed by atoms with Crippen LogP contribution in [0.5, 0.6) is 23.0 Å². The number of esters is 1. The van der Waals surface area contributed by atoms with Gasteiger partial charge in [0.15, 0.2) is 23.0 Å². The van der Waals surface area contributed by atoms with Crippen molar-refractivity contribution in [3.63, 3.8) is 0 Å². The van der Waals surface area contributed by atoms with Crippen LogP contribution in [0.25, 0.3) is 0 Å². The molecule has 0 bridgehead atoms. The molecular formula is C23H28O6. The number of cyclic esters (lactones) is 1. The molecule has 1 saturated heterocycles. The van der Waals surface area contributed by atoms with Crippen molar-refractivity contribution < 1.29 is 28.8 Å². The molecule has 0 spiro atoms. The van der Waals surface area contributed by atoms with Gasteiger partial charge in [0.1, 0.15) is 0 Å². The fraction of sp³-hybridized carbons (Fsp3) is 0.435. The predicted molar refractivity (Wildman–Crippen MR) is 109 cm³/mol. The van der Waals surface area contributed by atoms with Gasteiger partial charge in [0.05, 0.1) is 33.4 Å². The summed E-state index contributed by atoms with van der Waals surface area (Å²) in [6.45, 7) is 2.40. The van der Waals surface area contributed by atoms with E-state index in [2.05, 4.69) is 0 Å². The molecule has 0 unspecified atom stereocenters. The number of carbonyl (C=O) groups excluding carboxylic acids is 1. The zero-order chi connectivity index (χ0) is 21.0. The number of methoxy groups -OCH3 is 3. The number of hydrogen-bond acceptors (Lipinski definition) is 6. The third kappa shape index (κ3) is 3.97. The summed E-state index contributed by atoms with van der Waals surface area (Å²) in [5.41, 5.74) is 1.36. The van der Waals surface area contributed by atoms with E-state index in [4.69, 9.17) is 18.9 Å². The molecule has 29 heavy (non-hydrogen) atoms. The second-order valence-electron chi connectivity index (χ2n) is 7.38. The molecule has 1 aliphatic rings. The number of phenols is 1. The van der Waals surface area contributed by atoms with E-state index in [1.165, 1.54) is 7.11 Å². The lowest BCUT2D eigenvalue weighted by Gasteiger charge is -2.30. The standard InChI is InChI=1S/C23H28O6/c1-5-23(13-16-6-8-18(24)20(12-16)27-3)17(14-29-22(23)25)10-15-7-9-19(26-2)21(11-15)28-4/h6-9,11-12,17,24H,5,10,13-14H2,1-4H3/t17-,23-/m0/s1. The van der Waals surface area contributed by atoms with Gasteiger partial charge in [-0.2, -0.15) is 0 Å². The summed E-state index contributed by atoms with van der Waals surface area (Å²) in [5, 5.41) is 9.87. The van der Waals surface area contributed by atoms with E-state index in [1.54, 1.807) is 26.4 Å². The maximum absolute atomic E-state index is 12.8. The minimum atomic E-state index is -0.630. The maximum atomic E-state index is 12.8. The largest absolute Gasteiger partial charge is 0.504 e. The molecule has 0 amide bonds. The highest BCUT2D eigenvalue weighted by atomic mass is 16.5. The van der Waals surface area contributed by atoms with Gasteiger partial charge < -0.3 is 24.1 Å². The smallest absolute Gasteiger partial charge is 0.312 e. The van der Waals surface area contributed by atoms with Crippen LogP contribution in [0.2, 0.25) is 0 Å². The highest BCUT2D eigenvalue weighted by molar-refractivity contribution is 5.79. The molecule has 0 aromatic heterocycles. The summed E-state index contributed by atoms with van der Waals surface area (Å²) in [4.78, 5) is 12.8. The van der Waals surface area contributed by atoms with Gasteiger partial charge in [0.2, 0.25) is 0 Å². The van der Waals surface area contributed by atoms with E-state index >= 15 is 0 Å². The lowest BCUT2D eigenvalue weighted by molar-refractivity contribution is -0.146. The number of carbonyl (C=O) groups is 1. The molecule has 1 aliphatic heterocycles. The molecule has 3 rings (SSSR count). The molecule has 0 radical (unpaired) electrons. The molecule has 1 fully saturated rings. The quantitative estimate of drug-likeness (QED) is 0.680. The minimum absolute atomic E-state index is 0.0258. The molecule has 1 N–H and O–H groups in total. The van der Waals surface area contributed by atoms with Crippen molar-refractivity contribution in [1.29, 1.82) is 0 Å². The van der Waals surface area contributed by atoms with Gasteiger partial charge in [-0.15, -0.1) is 0 Å². The lowest BCUT2D eigenvalue weighted by Crippen LogP contribution is -2.36. The van der Waals surface area contributed by atoms with Crippen molar-refractivity contribution in [2.45, 2.75) is 26.2 Å². The lowest BCUT2D eigenvalue weighted by atomic mass is 9.69. The number of rotatable bonds is 8. The molecule has 0 aliphatic carbocycles. The second-order valence-corrected chi connectivity index (χ2v) is 7.38. The summed E-state index contributed by atoms with van der Waals surface area (Å²) in [5.74, 6) is 1.68. The summed E-state index contributed by atoms with van der Waals surface area (Å²) in [6, 6.07) is 11.0. The Balaban J connectivity index is 1.89. The first-order valence-electron chi connectivity index (χ1n) is 9.71. The molecule has 2 aromatic rings. The van der Waals surface area contributed by atoms with Gasteiger partial charge in [-0.25, -0.2) is 0 Å². The average molecular weight is 400 g/mol. The SMILES string of the molecule is CC[C@@]1(Cc2ccc(O)c(OC)c2)C(=O)OC[C@@H]1Cc1ccc(OC)c(OC)c1. The Labute approximate surface area is 171 Å². The third-order valence-electron chi connectivity index (χ3n) is 5.93. The Morgan fingerprint density at radius 2 is 1.66 bits per heavy atom. The fourth-order valence-electron chi connectivity index (χ4n) is 4.16. The predicted octanol–water partition coefficient (Wildman–Crippen LogP) is 3.77. The summed E-state index contributed by atoms with van der Waals surface area (Å²) >= 11 is 0. The van der Waals surface area contributed by atoms with E-state index in [-0.39, 0.29) is 17.6 Å². The van der Waals surface area contributed by atoms with Crippen molar-refractivity contribution in [3.8, 4) is 23.0 Å². The van der Waals surface area contributed by atoms with Crippen molar-refractivity contribution in [1.82, 2.24) is 0 Å². The van der Waals surface area contributed by atoms with E-state index in [1.807, 2.05) is 31.2 Å². The number of phenolic OH excluding ortho intramolecular Hbond substituents is 1. The fourth-order valence-corrected chi connectivity index (χ4v) is 4.16. The Morgan fingerprint density at radius 1 is 1.00 bits per heavy atom. The normalized spacial score (nSPS) is 21.0. The van der Waals surface area contributed by atoms with E-state index in [0.717, 1.165) is 11.1 Å². The summed E-state index contributed by atoms with van der Waals surface area (Å²) < 4.78 is 21.5. The van der Waals surface area contributed by atoms with E-state index in [0.29, 0.717) is 43.1 Å². The van der Waals surface area contributed by atoms with Crippen LogP contribution in [-0.4, -0.2) is 39.0 Å². The van der Waals surface area contributed by atoms with Crippen molar-refractivity contribution in [3.05, 3.63) is 47.5 Å². The van der Waals surface area contributed by atoms with Crippen LogP contribution < -0.4 is 14.2 Å². The van der Waals surface area contributed by atoms with Crippen LogP contribution >= 0.6 is 0 Å². The Morgan fingerprint density at radius 3 is 2.31 bits per heavy atom. The van der Waals surface area contributed by atoms with Gasteiger partial charge in [0.25, 0.3) is 0 Å². The first-order valence-corrected chi connectivity index (χ1v) is 9.71. The van der Waals surface area contributed by atoms with Crippen LogP contribution in [0.3, 0.4) is 0 Å². The summed E-state index contributed by atoms with van der Waals surface area (Å²) in [6.07, 6.45) is 1.87. The van der Waals surface area contributed by atoms with E-state index < -0.39 is 5.41 Å². The van der Waals surface area contributed by atoms with Gasteiger partial charge in [-0.1, -0.05) is 19.1 Å². The zero-order valence-corrected chi connectivity index (χ0v) is 17.4.